The molecule has 122 valence electrons. The first kappa shape index (κ1) is 16.4. The summed E-state index contributed by atoms with van der Waals surface area (Å²) in [5.41, 5.74) is 0.685. The van der Waals surface area contributed by atoms with E-state index in [0.717, 1.165) is 6.08 Å². The maximum atomic E-state index is 13.6. The Morgan fingerprint density at radius 3 is 2.46 bits per heavy atom. The maximum Gasteiger partial charge on any atom is 0.429 e. The number of hydrogen-bond acceptors (Lipinski definition) is 1. The van der Waals surface area contributed by atoms with Crippen LogP contribution >= 0.6 is 11.6 Å². The number of rotatable bonds is 0. The lowest BCUT2D eigenvalue weighted by molar-refractivity contribution is -0.180. The summed E-state index contributed by atoms with van der Waals surface area (Å²) in [6.07, 6.45) is -4.39. The van der Waals surface area contributed by atoms with Gasteiger partial charge in [0, 0.05) is 10.6 Å². The molecule has 1 atom stereocenters. The average Bonchev–Trinajstić information content (AvgIpc) is 2.52. The molecule has 0 amide bonds. The third-order valence-electron chi connectivity index (χ3n) is 3.31. The lowest BCUT2D eigenvalue weighted by atomic mass is 10.0. The van der Waals surface area contributed by atoms with Crippen LogP contribution in [0.3, 0.4) is 0 Å². The average molecular weight is 353 g/mol. The summed E-state index contributed by atoms with van der Waals surface area (Å²) in [5.74, 6) is 4.69. The fourth-order valence-corrected chi connectivity index (χ4v) is 2.42. The Bertz CT molecular complexity index is 875. The Balaban J connectivity index is 2.04. The zero-order chi connectivity index (χ0) is 17.3. The van der Waals surface area contributed by atoms with Gasteiger partial charge in [0.2, 0.25) is 6.10 Å². The molecule has 3 rings (SSSR count). The largest absolute Gasteiger partial charge is 0.475 e. The molecule has 1 aliphatic heterocycles. The van der Waals surface area contributed by atoms with E-state index < -0.39 is 18.1 Å². The molecule has 2 aromatic carbocycles. The van der Waals surface area contributed by atoms with Crippen molar-refractivity contribution in [3.63, 3.8) is 0 Å². The summed E-state index contributed by atoms with van der Waals surface area (Å²) in [4.78, 5) is 0. The summed E-state index contributed by atoms with van der Waals surface area (Å²) in [6, 6.07) is 8.72. The van der Waals surface area contributed by atoms with Crippen molar-refractivity contribution in [1.29, 1.82) is 0 Å². The van der Waals surface area contributed by atoms with Crippen molar-refractivity contribution in [3.8, 4) is 17.6 Å². The normalized spacial score (nSPS) is 16.0. The Morgan fingerprint density at radius 1 is 1.04 bits per heavy atom. The molecule has 0 radical (unpaired) electrons. The number of benzene rings is 2. The lowest BCUT2D eigenvalue weighted by Crippen LogP contribution is -2.34. The van der Waals surface area contributed by atoms with Crippen LogP contribution in [-0.4, -0.2) is 12.3 Å². The SMILES string of the molecule is Fc1ccccc1C#Cc1cc(Cl)cc2c1OC(C(F)(F)F)C=C2. The lowest BCUT2D eigenvalue weighted by Gasteiger charge is -2.24. The summed E-state index contributed by atoms with van der Waals surface area (Å²) >= 11 is 5.97. The van der Waals surface area contributed by atoms with Gasteiger partial charge in [-0.25, -0.2) is 4.39 Å². The third-order valence-corrected chi connectivity index (χ3v) is 3.52. The van der Waals surface area contributed by atoms with Crippen molar-refractivity contribution in [1.82, 2.24) is 0 Å². The van der Waals surface area contributed by atoms with Crippen LogP contribution in [0.5, 0.6) is 5.75 Å². The van der Waals surface area contributed by atoms with Gasteiger partial charge in [0.25, 0.3) is 0 Å². The van der Waals surface area contributed by atoms with Gasteiger partial charge in [-0.15, -0.1) is 0 Å². The second kappa shape index (κ2) is 6.21. The van der Waals surface area contributed by atoms with Crippen molar-refractivity contribution in [3.05, 3.63) is 70.0 Å². The summed E-state index contributed by atoms with van der Waals surface area (Å²) in [7, 11) is 0. The van der Waals surface area contributed by atoms with Crippen molar-refractivity contribution < 1.29 is 22.3 Å². The molecule has 2 aromatic rings. The summed E-state index contributed by atoms with van der Waals surface area (Å²) < 4.78 is 57.2. The first-order valence-electron chi connectivity index (χ1n) is 6.86. The standard InChI is InChI=1S/C18H9ClF4O/c19-14-9-12(6-5-11-3-1-2-4-15(11)20)17-13(10-14)7-8-16(24-17)18(21,22)23/h1-4,7-10,16H. The van der Waals surface area contributed by atoms with Crippen LogP contribution in [0, 0.1) is 17.7 Å². The number of halogens is 5. The molecule has 0 saturated heterocycles. The second-order valence-electron chi connectivity index (χ2n) is 5.04. The van der Waals surface area contributed by atoms with Crippen LogP contribution in [0.1, 0.15) is 16.7 Å². The molecular formula is C18H9ClF4O. The van der Waals surface area contributed by atoms with E-state index in [4.69, 9.17) is 16.3 Å². The fraction of sp³-hybridized carbons (Fsp3) is 0.111. The van der Waals surface area contributed by atoms with Crippen LogP contribution in [0.2, 0.25) is 5.02 Å². The minimum absolute atomic E-state index is 0.0203. The third kappa shape index (κ3) is 3.39. The molecule has 1 heterocycles. The van der Waals surface area contributed by atoms with Crippen LogP contribution in [-0.2, 0) is 0 Å². The van der Waals surface area contributed by atoms with Gasteiger partial charge in [0.15, 0.2) is 0 Å². The molecule has 1 aliphatic rings. The molecule has 1 unspecified atom stereocenters. The topological polar surface area (TPSA) is 9.23 Å². The molecule has 0 spiro atoms. The molecule has 0 aromatic heterocycles. The van der Waals surface area contributed by atoms with Crippen LogP contribution in [0.4, 0.5) is 17.6 Å². The number of ether oxygens (including phenoxy) is 1. The van der Waals surface area contributed by atoms with E-state index in [0.29, 0.717) is 10.6 Å². The molecule has 0 aliphatic carbocycles. The Morgan fingerprint density at radius 2 is 1.75 bits per heavy atom. The number of fused-ring (bicyclic) bond motifs is 1. The first-order chi connectivity index (χ1) is 11.3. The Kier molecular flexibility index (Phi) is 4.25. The van der Waals surface area contributed by atoms with E-state index in [1.807, 2.05) is 0 Å². The van der Waals surface area contributed by atoms with Gasteiger partial charge >= 0.3 is 6.18 Å². The number of hydrogen-bond donors (Lipinski definition) is 0. The molecule has 0 fully saturated rings. The van der Waals surface area contributed by atoms with Gasteiger partial charge in [0.05, 0.1) is 11.1 Å². The molecule has 24 heavy (non-hydrogen) atoms. The highest BCUT2D eigenvalue weighted by Gasteiger charge is 2.41. The zero-order valence-electron chi connectivity index (χ0n) is 12.0. The van der Waals surface area contributed by atoms with E-state index in [2.05, 4.69) is 11.8 Å². The molecular weight excluding hydrogens is 344 g/mol. The second-order valence-corrected chi connectivity index (χ2v) is 5.48. The molecule has 6 heteroatoms. The summed E-state index contributed by atoms with van der Waals surface area (Å²) in [5, 5.41) is 0.297. The first-order valence-corrected chi connectivity index (χ1v) is 7.24. The highest BCUT2D eigenvalue weighted by atomic mass is 35.5. The smallest absolute Gasteiger partial charge is 0.429 e. The fourth-order valence-electron chi connectivity index (χ4n) is 2.19. The van der Waals surface area contributed by atoms with Crippen LogP contribution in [0.25, 0.3) is 6.08 Å². The van der Waals surface area contributed by atoms with Gasteiger partial charge in [-0.2, -0.15) is 13.2 Å². The van der Waals surface area contributed by atoms with Gasteiger partial charge in [-0.05, 0) is 30.3 Å². The highest BCUT2D eigenvalue weighted by molar-refractivity contribution is 6.31. The minimum Gasteiger partial charge on any atom is -0.475 e. The highest BCUT2D eigenvalue weighted by Crippen LogP contribution is 2.37. The van der Waals surface area contributed by atoms with E-state index in [-0.39, 0.29) is 16.9 Å². The van der Waals surface area contributed by atoms with Gasteiger partial charge in [-0.3, -0.25) is 0 Å². The van der Waals surface area contributed by atoms with Crippen molar-refractivity contribution in [2.24, 2.45) is 0 Å². The molecule has 0 bridgehead atoms. The maximum absolute atomic E-state index is 13.6. The Hall–Kier alpha value is -2.45. The molecule has 0 saturated carbocycles. The van der Waals surface area contributed by atoms with Crippen molar-refractivity contribution in [2.75, 3.05) is 0 Å². The van der Waals surface area contributed by atoms with Gasteiger partial charge in [-0.1, -0.05) is 41.7 Å². The van der Waals surface area contributed by atoms with Crippen LogP contribution < -0.4 is 4.74 Å². The van der Waals surface area contributed by atoms with E-state index in [1.165, 1.54) is 36.4 Å². The van der Waals surface area contributed by atoms with Crippen LogP contribution in [0.15, 0.2) is 42.5 Å². The Labute approximate surface area is 140 Å². The summed E-state index contributed by atoms with van der Waals surface area (Å²) in [6.45, 7) is 0. The van der Waals surface area contributed by atoms with E-state index in [1.54, 1.807) is 6.07 Å². The quantitative estimate of drug-likeness (QED) is 0.467. The predicted molar refractivity (Wildman–Crippen MR) is 83.3 cm³/mol. The van der Waals surface area contributed by atoms with Gasteiger partial charge < -0.3 is 4.74 Å². The zero-order valence-corrected chi connectivity index (χ0v) is 12.8. The molecule has 0 N–H and O–H groups in total. The van der Waals surface area contributed by atoms with Crippen molar-refractivity contribution in [2.45, 2.75) is 12.3 Å². The number of alkyl halides is 3. The van der Waals surface area contributed by atoms with Gasteiger partial charge in [0.1, 0.15) is 11.6 Å². The minimum atomic E-state index is -4.54. The van der Waals surface area contributed by atoms with E-state index in [9.17, 15) is 17.6 Å². The molecule has 1 nitrogen and oxygen atoms in total. The predicted octanol–water partition coefficient (Wildman–Crippen LogP) is 5.22. The van der Waals surface area contributed by atoms with E-state index >= 15 is 0 Å². The van der Waals surface area contributed by atoms with Crippen molar-refractivity contribution >= 4 is 17.7 Å². The monoisotopic (exact) mass is 352 g/mol.